The maximum atomic E-state index is 5.71. The first-order valence-electron chi connectivity index (χ1n) is 2.82. The van der Waals surface area contributed by atoms with Crippen LogP contribution < -0.4 is 0 Å². The van der Waals surface area contributed by atoms with E-state index in [1.807, 2.05) is 6.07 Å². The number of halogens is 1. The van der Waals surface area contributed by atoms with E-state index < -0.39 is 0 Å². The van der Waals surface area contributed by atoms with Gasteiger partial charge in [-0.25, -0.2) is 4.52 Å². The number of rotatable bonds is 0. The van der Waals surface area contributed by atoms with Gasteiger partial charge in [-0.15, -0.1) is 5.10 Å². The maximum absolute atomic E-state index is 5.71. The lowest BCUT2D eigenvalue weighted by Crippen LogP contribution is -1.84. The molecule has 0 unspecified atom stereocenters. The highest BCUT2D eigenvalue weighted by atomic mass is 35.5. The topological polar surface area (TPSA) is 30.2 Å². The highest BCUT2D eigenvalue weighted by molar-refractivity contribution is 6.30. The van der Waals surface area contributed by atoms with Crippen molar-refractivity contribution in [2.24, 2.45) is 0 Å². The molecule has 2 rings (SSSR count). The summed E-state index contributed by atoms with van der Waals surface area (Å²) in [5, 5.41) is 8.17. The molecule has 0 bridgehead atoms. The van der Waals surface area contributed by atoms with Crippen LogP contribution in [0.25, 0.3) is 5.52 Å². The lowest BCUT2D eigenvalue weighted by molar-refractivity contribution is 0.855. The molecule has 0 aliphatic carbocycles. The number of pyridine rings is 1. The van der Waals surface area contributed by atoms with Gasteiger partial charge in [0.2, 0.25) is 0 Å². The quantitative estimate of drug-likeness (QED) is 0.573. The molecule has 0 amide bonds. The highest BCUT2D eigenvalue weighted by Crippen LogP contribution is 2.09. The molecule has 0 spiro atoms. The van der Waals surface area contributed by atoms with Crippen molar-refractivity contribution in [1.82, 2.24) is 14.8 Å². The van der Waals surface area contributed by atoms with Gasteiger partial charge in [0.25, 0.3) is 0 Å². The van der Waals surface area contributed by atoms with E-state index >= 15 is 0 Å². The smallest absolute Gasteiger partial charge is 0.0879 e. The summed E-state index contributed by atoms with van der Waals surface area (Å²) in [7, 11) is 0. The van der Waals surface area contributed by atoms with Gasteiger partial charge in [0.1, 0.15) is 0 Å². The fraction of sp³-hybridized carbons (Fsp3) is 0. The highest BCUT2D eigenvalue weighted by Gasteiger charge is 1.92. The zero-order chi connectivity index (χ0) is 6.97. The number of aromatic nitrogens is 3. The van der Waals surface area contributed by atoms with Gasteiger partial charge < -0.3 is 0 Å². The van der Waals surface area contributed by atoms with Crippen LogP contribution in [-0.4, -0.2) is 14.8 Å². The summed E-state index contributed by atoms with van der Waals surface area (Å²) < 4.78 is 1.66. The molecule has 0 fully saturated rings. The third-order valence-electron chi connectivity index (χ3n) is 1.26. The Labute approximate surface area is 62.2 Å². The Bertz CT molecular complexity index is 355. The maximum Gasteiger partial charge on any atom is 0.0879 e. The second kappa shape index (κ2) is 1.95. The standard InChI is InChI=1S/C6H4ClN3/c7-5-1-2-10-6(3-5)4-8-9-10/h1-4H. The third-order valence-corrected chi connectivity index (χ3v) is 1.50. The molecule has 4 heteroatoms. The van der Waals surface area contributed by atoms with Crippen molar-refractivity contribution >= 4 is 17.1 Å². The summed E-state index contributed by atoms with van der Waals surface area (Å²) in [6, 6.07) is 3.57. The van der Waals surface area contributed by atoms with E-state index in [2.05, 4.69) is 10.3 Å². The summed E-state index contributed by atoms with van der Waals surface area (Å²) in [5.41, 5.74) is 0.910. The average Bonchev–Trinajstić information content (AvgIpc) is 2.33. The zero-order valence-corrected chi connectivity index (χ0v) is 5.78. The first kappa shape index (κ1) is 5.68. The Balaban J connectivity index is 2.86. The molecule has 2 heterocycles. The van der Waals surface area contributed by atoms with Crippen molar-refractivity contribution < 1.29 is 0 Å². The van der Waals surface area contributed by atoms with Crippen molar-refractivity contribution in [3.05, 3.63) is 29.5 Å². The minimum Gasteiger partial charge on any atom is -0.221 e. The Kier molecular flexibility index (Phi) is 1.11. The Morgan fingerprint density at radius 3 is 3.30 bits per heavy atom. The molecular formula is C6H4ClN3. The van der Waals surface area contributed by atoms with Crippen LogP contribution in [0, 0.1) is 0 Å². The van der Waals surface area contributed by atoms with Crippen LogP contribution in [-0.2, 0) is 0 Å². The van der Waals surface area contributed by atoms with Crippen molar-refractivity contribution in [3.63, 3.8) is 0 Å². The molecule has 0 saturated heterocycles. The van der Waals surface area contributed by atoms with Gasteiger partial charge >= 0.3 is 0 Å². The third kappa shape index (κ3) is 0.752. The first-order chi connectivity index (χ1) is 4.86. The molecule has 0 saturated carbocycles. The van der Waals surface area contributed by atoms with Gasteiger partial charge in [0.05, 0.1) is 11.7 Å². The van der Waals surface area contributed by atoms with Crippen LogP contribution in [0.5, 0.6) is 0 Å². The van der Waals surface area contributed by atoms with Gasteiger partial charge in [-0.05, 0) is 12.1 Å². The van der Waals surface area contributed by atoms with Crippen LogP contribution in [0.15, 0.2) is 24.5 Å². The summed E-state index contributed by atoms with van der Waals surface area (Å²) in [6.45, 7) is 0. The number of hydrogen-bond donors (Lipinski definition) is 0. The van der Waals surface area contributed by atoms with E-state index in [1.54, 1.807) is 23.0 Å². The molecule has 0 N–H and O–H groups in total. The van der Waals surface area contributed by atoms with Crippen molar-refractivity contribution in [1.29, 1.82) is 0 Å². The van der Waals surface area contributed by atoms with E-state index in [0.717, 1.165) is 5.52 Å². The van der Waals surface area contributed by atoms with Gasteiger partial charge in [0.15, 0.2) is 0 Å². The summed E-state index contributed by atoms with van der Waals surface area (Å²) >= 11 is 5.71. The zero-order valence-electron chi connectivity index (χ0n) is 5.03. The second-order valence-electron chi connectivity index (χ2n) is 1.95. The lowest BCUT2D eigenvalue weighted by atomic mass is 10.4. The van der Waals surface area contributed by atoms with Gasteiger partial charge in [-0.2, -0.15) is 0 Å². The van der Waals surface area contributed by atoms with Crippen molar-refractivity contribution in [2.75, 3.05) is 0 Å². The van der Waals surface area contributed by atoms with Crippen LogP contribution in [0.3, 0.4) is 0 Å². The number of fused-ring (bicyclic) bond motifs is 1. The molecule has 10 heavy (non-hydrogen) atoms. The van der Waals surface area contributed by atoms with E-state index in [1.165, 1.54) is 0 Å². The molecular weight excluding hydrogens is 150 g/mol. The fourth-order valence-corrected chi connectivity index (χ4v) is 0.970. The molecule has 50 valence electrons. The fourth-order valence-electron chi connectivity index (χ4n) is 0.802. The van der Waals surface area contributed by atoms with Gasteiger partial charge in [-0.3, -0.25) is 0 Å². The number of nitrogens with zero attached hydrogens (tertiary/aromatic N) is 3. The van der Waals surface area contributed by atoms with E-state index in [0.29, 0.717) is 5.02 Å². The second-order valence-corrected chi connectivity index (χ2v) is 2.38. The first-order valence-corrected chi connectivity index (χ1v) is 3.19. The predicted octanol–water partition coefficient (Wildman–Crippen LogP) is 1.38. The SMILES string of the molecule is Clc1ccn2nncc2c1. The van der Waals surface area contributed by atoms with E-state index in [-0.39, 0.29) is 0 Å². The Morgan fingerprint density at radius 2 is 2.40 bits per heavy atom. The average molecular weight is 154 g/mol. The van der Waals surface area contributed by atoms with E-state index in [9.17, 15) is 0 Å². The Hall–Kier alpha value is -1.09. The molecule has 0 aliphatic rings. The largest absolute Gasteiger partial charge is 0.221 e. The van der Waals surface area contributed by atoms with Crippen LogP contribution in [0.4, 0.5) is 0 Å². The molecule has 2 aromatic rings. The lowest BCUT2D eigenvalue weighted by Gasteiger charge is -1.89. The minimum atomic E-state index is 0.704. The van der Waals surface area contributed by atoms with Crippen LogP contribution in [0.2, 0.25) is 5.02 Å². The summed E-state index contributed by atoms with van der Waals surface area (Å²) in [6.07, 6.45) is 3.43. The minimum absolute atomic E-state index is 0.704. The molecule has 0 radical (unpaired) electrons. The molecule has 0 aliphatic heterocycles. The predicted molar refractivity (Wildman–Crippen MR) is 38.0 cm³/mol. The monoisotopic (exact) mass is 153 g/mol. The van der Waals surface area contributed by atoms with Crippen molar-refractivity contribution in [3.8, 4) is 0 Å². The summed E-state index contributed by atoms with van der Waals surface area (Å²) in [4.78, 5) is 0. The number of hydrogen-bond acceptors (Lipinski definition) is 2. The van der Waals surface area contributed by atoms with Gasteiger partial charge in [-0.1, -0.05) is 16.8 Å². The van der Waals surface area contributed by atoms with Gasteiger partial charge in [0, 0.05) is 11.2 Å². The summed E-state index contributed by atoms with van der Waals surface area (Å²) in [5.74, 6) is 0. The van der Waals surface area contributed by atoms with Crippen LogP contribution >= 0.6 is 11.6 Å². The van der Waals surface area contributed by atoms with Crippen molar-refractivity contribution in [2.45, 2.75) is 0 Å². The molecule has 3 nitrogen and oxygen atoms in total. The normalized spacial score (nSPS) is 10.5. The molecule has 2 aromatic heterocycles. The molecule has 0 aromatic carbocycles. The molecule has 0 atom stereocenters. The Morgan fingerprint density at radius 1 is 1.50 bits per heavy atom. The van der Waals surface area contributed by atoms with E-state index in [4.69, 9.17) is 11.6 Å². The van der Waals surface area contributed by atoms with Crippen LogP contribution in [0.1, 0.15) is 0 Å².